The summed E-state index contributed by atoms with van der Waals surface area (Å²) in [7, 11) is -3.63. The SMILES string of the molecule is CC(C)[C@H]1C(=O)N(S(C)(=O)=O)[C@H]2CCN(C(=O)C=CCNC3CC3)[C@H]12. The molecule has 0 spiro atoms. The number of rotatable bonds is 6. The van der Waals surface area contributed by atoms with Crippen LogP contribution in [-0.4, -0.2) is 66.9 Å². The van der Waals surface area contributed by atoms with Crippen LogP contribution in [0.3, 0.4) is 0 Å². The second-order valence-corrected chi connectivity index (χ2v) is 9.49. The molecule has 1 N–H and O–H groups in total. The zero-order valence-electron chi connectivity index (χ0n) is 15.0. The van der Waals surface area contributed by atoms with Crippen LogP contribution in [0.1, 0.15) is 33.1 Å². The maximum Gasteiger partial charge on any atom is 0.246 e. The van der Waals surface area contributed by atoms with Gasteiger partial charge in [0, 0.05) is 25.2 Å². The number of hydrogen-bond donors (Lipinski definition) is 1. The van der Waals surface area contributed by atoms with Gasteiger partial charge in [-0.15, -0.1) is 0 Å². The fraction of sp³-hybridized carbons (Fsp3) is 0.765. The minimum Gasteiger partial charge on any atom is -0.333 e. The highest BCUT2D eigenvalue weighted by Gasteiger charge is 2.58. The number of fused-ring (bicyclic) bond motifs is 1. The highest BCUT2D eigenvalue weighted by atomic mass is 32.2. The first-order chi connectivity index (χ1) is 11.7. The van der Waals surface area contributed by atoms with Gasteiger partial charge in [0.05, 0.1) is 24.3 Å². The molecule has 1 saturated carbocycles. The lowest BCUT2D eigenvalue weighted by Gasteiger charge is -2.28. The van der Waals surface area contributed by atoms with Crippen LogP contribution in [-0.2, 0) is 19.6 Å². The predicted molar refractivity (Wildman–Crippen MR) is 94.1 cm³/mol. The Labute approximate surface area is 149 Å². The van der Waals surface area contributed by atoms with Crippen molar-refractivity contribution in [2.24, 2.45) is 11.8 Å². The molecule has 0 aromatic carbocycles. The van der Waals surface area contributed by atoms with Crippen LogP contribution < -0.4 is 5.32 Å². The van der Waals surface area contributed by atoms with Crippen LogP contribution in [0.4, 0.5) is 0 Å². The van der Waals surface area contributed by atoms with Crippen molar-refractivity contribution in [1.82, 2.24) is 14.5 Å². The maximum atomic E-state index is 12.7. The van der Waals surface area contributed by atoms with Crippen molar-refractivity contribution in [2.45, 2.75) is 51.2 Å². The molecule has 8 heteroatoms. The molecule has 3 fully saturated rings. The van der Waals surface area contributed by atoms with Crippen LogP contribution in [0.5, 0.6) is 0 Å². The summed E-state index contributed by atoms with van der Waals surface area (Å²) in [6, 6.07) is -0.218. The molecule has 3 aliphatic rings. The van der Waals surface area contributed by atoms with Crippen molar-refractivity contribution in [3.63, 3.8) is 0 Å². The average Bonchev–Trinajstić information content (AvgIpc) is 3.15. The Bertz CT molecular complexity index is 684. The number of nitrogens with zero attached hydrogens (tertiary/aromatic N) is 2. The number of nitrogens with one attached hydrogen (secondary N) is 1. The zero-order valence-corrected chi connectivity index (χ0v) is 15.8. The Morgan fingerprint density at radius 1 is 1.32 bits per heavy atom. The molecule has 3 rings (SSSR count). The van der Waals surface area contributed by atoms with Gasteiger partial charge in [-0.05, 0) is 25.2 Å². The van der Waals surface area contributed by atoms with E-state index in [9.17, 15) is 18.0 Å². The van der Waals surface area contributed by atoms with Gasteiger partial charge in [-0.1, -0.05) is 19.9 Å². The van der Waals surface area contributed by atoms with Crippen molar-refractivity contribution in [3.8, 4) is 0 Å². The van der Waals surface area contributed by atoms with E-state index in [1.807, 2.05) is 19.9 Å². The maximum absolute atomic E-state index is 12.7. The summed E-state index contributed by atoms with van der Waals surface area (Å²) in [6.07, 6.45) is 7.31. The van der Waals surface area contributed by atoms with E-state index in [1.54, 1.807) is 11.0 Å². The quantitative estimate of drug-likeness (QED) is 0.682. The van der Waals surface area contributed by atoms with E-state index in [2.05, 4.69) is 5.32 Å². The Morgan fingerprint density at radius 2 is 2.00 bits per heavy atom. The summed E-state index contributed by atoms with van der Waals surface area (Å²) in [5.74, 6) is -1.01. The highest BCUT2D eigenvalue weighted by Crippen LogP contribution is 2.41. The molecule has 0 unspecified atom stereocenters. The van der Waals surface area contributed by atoms with E-state index in [1.165, 1.54) is 12.8 Å². The first-order valence-corrected chi connectivity index (χ1v) is 10.8. The van der Waals surface area contributed by atoms with Gasteiger partial charge in [0.1, 0.15) is 0 Å². The molecule has 140 valence electrons. The van der Waals surface area contributed by atoms with Crippen LogP contribution in [0, 0.1) is 11.8 Å². The summed E-state index contributed by atoms with van der Waals surface area (Å²) >= 11 is 0. The summed E-state index contributed by atoms with van der Waals surface area (Å²) in [5.41, 5.74) is 0. The molecule has 0 aromatic rings. The monoisotopic (exact) mass is 369 g/mol. The molecule has 2 heterocycles. The van der Waals surface area contributed by atoms with Gasteiger partial charge in [-0.25, -0.2) is 12.7 Å². The van der Waals surface area contributed by atoms with Crippen molar-refractivity contribution in [1.29, 1.82) is 0 Å². The summed E-state index contributed by atoms with van der Waals surface area (Å²) in [5, 5.41) is 3.31. The second kappa shape index (κ2) is 6.72. The summed E-state index contributed by atoms with van der Waals surface area (Å²) in [4.78, 5) is 27.0. The summed E-state index contributed by atoms with van der Waals surface area (Å²) < 4.78 is 25.2. The van der Waals surface area contributed by atoms with Crippen LogP contribution >= 0.6 is 0 Å². The lowest BCUT2D eigenvalue weighted by molar-refractivity contribution is -0.131. The minimum atomic E-state index is -3.63. The van der Waals surface area contributed by atoms with Crippen LogP contribution in [0.2, 0.25) is 0 Å². The van der Waals surface area contributed by atoms with Crippen molar-refractivity contribution < 1.29 is 18.0 Å². The number of sulfonamides is 1. The molecule has 7 nitrogen and oxygen atoms in total. The molecule has 1 aliphatic carbocycles. The van der Waals surface area contributed by atoms with Gasteiger partial charge in [0.2, 0.25) is 21.8 Å². The van der Waals surface area contributed by atoms with Crippen molar-refractivity contribution in [3.05, 3.63) is 12.2 Å². The van der Waals surface area contributed by atoms with Gasteiger partial charge < -0.3 is 10.2 Å². The Hall–Kier alpha value is -1.41. The van der Waals surface area contributed by atoms with Crippen LogP contribution in [0.15, 0.2) is 12.2 Å². The second-order valence-electron chi connectivity index (χ2n) is 7.63. The first kappa shape index (κ1) is 18.4. The molecule has 2 saturated heterocycles. The molecule has 2 amide bonds. The zero-order chi connectivity index (χ0) is 18.4. The third-order valence-corrected chi connectivity index (χ3v) is 6.48. The number of carbonyl (C=O) groups is 2. The fourth-order valence-electron chi connectivity index (χ4n) is 4.07. The van der Waals surface area contributed by atoms with Crippen LogP contribution in [0.25, 0.3) is 0 Å². The Kier molecular flexibility index (Phi) is 4.94. The predicted octanol–water partition coefficient (Wildman–Crippen LogP) is 0.338. The number of hydrogen-bond acceptors (Lipinski definition) is 5. The number of likely N-dealkylation sites (tertiary alicyclic amines) is 1. The largest absolute Gasteiger partial charge is 0.333 e. The Balaban J connectivity index is 1.76. The molecular weight excluding hydrogens is 342 g/mol. The van der Waals surface area contributed by atoms with Gasteiger partial charge in [-0.3, -0.25) is 9.59 Å². The first-order valence-electron chi connectivity index (χ1n) is 8.95. The standard InChI is InChI=1S/C17H27N3O4S/c1-11(2)15-16-13(20(17(15)22)25(3,23)24)8-10-19(16)14(21)5-4-9-18-12-6-7-12/h4-5,11-13,15-16,18H,6-10H2,1-3H3/t13-,15+,16-/m0/s1. The van der Waals surface area contributed by atoms with Gasteiger partial charge in [0.25, 0.3) is 0 Å². The Morgan fingerprint density at radius 3 is 2.56 bits per heavy atom. The minimum absolute atomic E-state index is 0.0272. The normalized spacial score (nSPS) is 29.9. The van der Waals surface area contributed by atoms with E-state index in [4.69, 9.17) is 0 Å². The van der Waals surface area contributed by atoms with Gasteiger partial charge in [0.15, 0.2) is 0 Å². The van der Waals surface area contributed by atoms with E-state index in [0.717, 1.165) is 10.6 Å². The average molecular weight is 369 g/mol. The molecule has 0 aromatic heterocycles. The molecule has 25 heavy (non-hydrogen) atoms. The molecular formula is C17H27N3O4S. The van der Waals surface area contributed by atoms with E-state index >= 15 is 0 Å². The fourth-order valence-corrected chi connectivity index (χ4v) is 5.24. The molecule has 2 aliphatic heterocycles. The lowest BCUT2D eigenvalue weighted by atomic mass is 9.88. The topological polar surface area (TPSA) is 86.8 Å². The number of carbonyl (C=O) groups excluding carboxylic acids is 2. The molecule has 0 radical (unpaired) electrons. The molecule has 3 atom stereocenters. The lowest BCUT2D eigenvalue weighted by Crippen LogP contribution is -2.43. The number of amides is 2. The van der Waals surface area contributed by atoms with E-state index in [0.29, 0.717) is 25.6 Å². The van der Waals surface area contributed by atoms with Crippen molar-refractivity contribution >= 4 is 21.8 Å². The van der Waals surface area contributed by atoms with Crippen molar-refractivity contribution in [2.75, 3.05) is 19.3 Å². The third-order valence-electron chi connectivity index (χ3n) is 5.31. The van der Waals surface area contributed by atoms with Gasteiger partial charge >= 0.3 is 0 Å². The summed E-state index contributed by atoms with van der Waals surface area (Å²) in [6.45, 7) is 4.95. The smallest absolute Gasteiger partial charge is 0.246 e. The van der Waals surface area contributed by atoms with E-state index in [-0.39, 0.29) is 23.8 Å². The third kappa shape index (κ3) is 3.60. The van der Waals surface area contributed by atoms with Gasteiger partial charge in [-0.2, -0.15) is 0 Å². The molecule has 0 bridgehead atoms. The van der Waals surface area contributed by atoms with E-state index < -0.39 is 22.0 Å². The highest BCUT2D eigenvalue weighted by molar-refractivity contribution is 7.88.